The minimum atomic E-state index is -3.22. The standard InChI is InChI=1S/C31H40F2N2O5/c1-2-3-4-6-22-7-12-25(13-8-22)31(32,33)40-28-14-9-23(10-15-28)11-16-29(36)38-17-5-18-39-30(37)24-19-26(34)21-27(35)20-24/h9-11,14-16,19-22,25H,2-8,12-13,17-18,34-35H2,1H3. The van der Waals surface area contributed by atoms with Gasteiger partial charge in [0.25, 0.3) is 0 Å². The maximum atomic E-state index is 14.8. The van der Waals surface area contributed by atoms with E-state index in [1.807, 2.05) is 0 Å². The van der Waals surface area contributed by atoms with Gasteiger partial charge in [-0.25, -0.2) is 9.59 Å². The largest absolute Gasteiger partial charge is 0.462 e. The number of unbranched alkanes of at least 4 members (excludes halogenated alkanes) is 2. The molecule has 2 aromatic carbocycles. The van der Waals surface area contributed by atoms with Crippen LogP contribution in [0.15, 0.2) is 48.5 Å². The molecule has 0 spiro atoms. The summed E-state index contributed by atoms with van der Waals surface area (Å²) in [4.78, 5) is 24.0. The molecule has 1 fully saturated rings. The molecule has 3 rings (SSSR count). The molecule has 0 aromatic heterocycles. The lowest BCUT2D eigenvalue weighted by Gasteiger charge is -2.33. The number of rotatable bonds is 14. The van der Waals surface area contributed by atoms with Crippen molar-refractivity contribution in [3.05, 3.63) is 59.7 Å². The first-order valence-corrected chi connectivity index (χ1v) is 14.0. The molecule has 1 aliphatic rings. The van der Waals surface area contributed by atoms with E-state index >= 15 is 0 Å². The van der Waals surface area contributed by atoms with Gasteiger partial charge in [-0.3, -0.25) is 0 Å². The van der Waals surface area contributed by atoms with E-state index in [4.69, 9.17) is 25.7 Å². The molecule has 0 heterocycles. The first kappa shape index (κ1) is 30.9. The van der Waals surface area contributed by atoms with Gasteiger partial charge in [-0.05, 0) is 73.6 Å². The van der Waals surface area contributed by atoms with Gasteiger partial charge >= 0.3 is 18.0 Å². The molecule has 0 saturated heterocycles. The zero-order chi connectivity index (χ0) is 29.0. The number of halogens is 2. The van der Waals surface area contributed by atoms with Crippen LogP contribution in [0.3, 0.4) is 0 Å². The summed E-state index contributed by atoms with van der Waals surface area (Å²) >= 11 is 0. The van der Waals surface area contributed by atoms with Crippen LogP contribution < -0.4 is 16.2 Å². The van der Waals surface area contributed by atoms with Crippen LogP contribution in [0.4, 0.5) is 20.2 Å². The smallest absolute Gasteiger partial charge is 0.400 e. The van der Waals surface area contributed by atoms with Gasteiger partial charge in [-0.1, -0.05) is 44.7 Å². The predicted octanol–water partition coefficient (Wildman–Crippen LogP) is 7.01. The second kappa shape index (κ2) is 15.2. The molecule has 0 bridgehead atoms. The minimum Gasteiger partial charge on any atom is -0.462 e. The Morgan fingerprint density at radius 3 is 2.23 bits per heavy atom. The van der Waals surface area contributed by atoms with Crippen molar-refractivity contribution in [3.63, 3.8) is 0 Å². The van der Waals surface area contributed by atoms with Crippen molar-refractivity contribution in [1.29, 1.82) is 0 Å². The van der Waals surface area contributed by atoms with Crippen LogP contribution >= 0.6 is 0 Å². The van der Waals surface area contributed by atoms with Crippen molar-refractivity contribution < 1.29 is 32.6 Å². The van der Waals surface area contributed by atoms with Crippen molar-refractivity contribution in [2.75, 3.05) is 24.7 Å². The molecule has 0 radical (unpaired) electrons. The Morgan fingerprint density at radius 1 is 0.925 bits per heavy atom. The van der Waals surface area contributed by atoms with E-state index in [1.54, 1.807) is 12.1 Å². The van der Waals surface area contributed by atoms with Gasteiger partial charge in [0.2, 0.25) is 0 Å². The highest BCUT2D eigenvalue weighted by Crippen LogP contribution is 2.41. The van der Waals surface area contributed by atoms with E-state index < -0.39 is 24.0 Å². The number of carbonyl (C=O) groups is 2. The molecule has 40 heavy (non-hydrogen) atoms. The third kappa shape index (κ3) is 10.2. The van der Waals surface area contributed by atoms with E-state index in [0.717, 1.165) is 19.3 Å². The fourth-order valence-electron chi connectivity index (χ4n) is 4.84. The maximum absolute atomic E-state index is 14.8. The van der Waals surface area contributed by atoms with Gasteiger partial charge in [-0.2, -0.15) is 8.78 Å². The Labute approximate surface area is 234 Å². The zero-order valence-corrected chi connectivity index (χ0v) is 23.1. The lowest BCUT2D eigenvalue weighted by molar-refractivity contribution is -0.223. The van der Waals surface area contributed by atoms with Crippen LogP contribution in [0.25, 0.3) is 6.08 Å². The van der Waals surface area contributed by atoms with E-state index in [1.165, 1.54) is 61.7 Å². The summed E-state index contributed by atoms with van der Waals surface area (Å²) in [5, 5.41) is 0. The van der Waals surface area contributed by atoms with Gasteiger partial charge in [0.05, 0.1) is 24.7 Å². The van der Waals surface area contributed by atoms with Crippen LogP contribution in [0.5, 0.6) is 5.75 Å². The molecular weight excluding hydrogens is 518 g/mol. The summed E-state index contributed by atoms with van der Waals surface area (Å²) in [5.74, 6) is -1.28. The molecule has 0 unspecified atom stereocenters. The number of nitrogen functional groups attached to an aromatic ring is 2. The predicted molar refractivity (Wildman–Crippen MR) is 152 cm³/mol. The Bertz CT molecular complexity index is 1110. The van der Waals surface area contributed by atoms with Crippen LogP contribution in [-0.4, -0.2) is 31.3 Å². The minimum absolute atomic E-state index is 0.0526. The molecule has 4 N–H and O–H groups in total. The second-order valence-electron chi connectivity index (χ2n) is 10.3. The number of esters is 2. The van der Waals surface area contributed by atoms with Crippen molar-refractivity contribution in [2.24, 2.45) is 11.8 Å². The van der Waals surface area contributed by atoms with Gasteiger partial charge in [0.15, 0.2) is 0 Å². The third-order valence-electron chi connectivity index (χ3n) is 7.06. The van der Waals surface area contributed by atoms with Crippen LogP contribution in [0.2, 0.25) is 0 Å². The second-order valence-corrected chi connectivity index (χ2v) is 10.3. The number of carbonyl (C=O) groups excluding carboxylic acids is 2. The normalized spacial score (nSPS) is 17.5. The van der Waals surface area contributed by atoms with Gasteiger partial charge in [0, 0.05) is 23.9 Å². The average molecular weight is 559 g/mol. The molecule has 0 aliphatic heterocycles. The topological polar surface area (TPSA) is 114 Å². The molecule has 2 aromatic rings. The monoisotopic (exact) mass is 558 g/mol. The van der Waals surface area contributed by atoms with Crippen molar-refractivity contribution in [2.45, 2.75) is 70.8 Å². The Kier molecular flexibility index (Phi) is 11.8. The summed E-state index contributed by atoms with van der Waals surface area (Å²) in [6.07, 6.45) is 7.15. The molecule has 0 amide bonds. The molecule has 7 nitrogen and oxygen atoms in total. The van der Waals surface area contributed by atoms with E-state index in [2.05, 4.69) is 6.92 Å². The number of alkyl halides is 2. The van der Waals surface area contributed by atoms with Crippen molar-refractivity contribution in [3.8, 4) is 5.75 Å². The summed E-state index contributed by atoms with van der Waals surface area (Å²) < 4.78 is 44.9. The van der Waals surface area contributed by atoms with E-state index in [9.17, 15) is 18.4 Å². The number of anilines is 2. The number of hydrogen-bond donors (Lipinski definition) is 2. The quantitative estimate of drug-likeness (QED) is 0.111. The number of nitrogens with two attached hydrogens (primary N) is 2. The van der Waals surface area contributed by atoms with Crippen LogP contribution in [0.1, 0.15) is 80.6 Å². The van der Waals surface area contributed by atoms with Gasteiger partial charge in [0.1, 0.15) is 5.75 Å². The van der Waals surface area contributed by atoms with E-state index in [0.29, 0.717) is 42.1 Å². The summed E-state index contributed by atoms with van der Waals surface area (Å²) in [5.41, 5.74) is 12.9. The zero-order valence-electron chi connectivity index (χ0n) is 23.1. The molecule has 1 aliphatic carbocycles. The Balaban J connectivity index is 1.35. The maximum Gasteiger partial charge on any atom is 0.400 e. The summed E-state index contributed by atoms with van der Waals surface area (Å²) in [6, 6.07) is 10.6. The molecule has 9 heteroatoms. The van der Waals surface area contributed by atoms with Gasteiger partial charge < -0.3 is 25.7 Å². The van der Waals surface area contributed by atoms with Crippen molar-refractivity contribution in [1.82, 2.24) is 0 Å². The fraction of sp³-hybridized carbons (Fsp3) is 0.484. The third-order valence-corrected chi connectivity index (χ3v) is 7.06. The SMILES string of the molecule is CCCCCC1CCC(C(F)(F)Oc2ccc(C=CC(=O)OCCCOC(=O)c3cc(N)cc(N)c3)cc2)CC1. The average Bonchev–Trinajstić information content (AvgIpc) is 2.92. The van der Waals surface area contributed by atoms with Crippen molar-refractivity contribution >= 4 is 29.4 Å². The lowest BCUT2D eigenvalue weighted by atomic mass is 9.79. The Morgan fingerprint density at radius 2 is 1.57 bits per heavy atom. The summed E-state index contributed by atoms with van der Waals surface area (Å²) in [7, 11) is 0. The number of ether oxygens (including phenoxy) is 3. The highest BCUT2D eigenvalue weighted by Gasteiger charge is 2.43. The molecule has 0 atom stereocenters. The molecule has 1 saturated carbocycles. The fourth-order valence-corrected chi connectivity index (χ4v) is 4.84. The van der Waals surface area contributed by atoms with Crippen LogP contribution in [0, 0.1) is 11.8 Å². The first-order chi connectivity index (χ1) is 19.2. The summed E-state index contributed by atoms with van der Waals surface area (Å²) in [6.45, 7) is 2.27. The van der Waals surface area contributed by atoms with E-state index in [-0.39, 0.29) is 24.5 Å². The highest BCUT2D eigenvalue weighted by molar-refractivity contribution is 5.91. The Hall–Kier alpha value is -3.62. The van der Waals surface area contributed by atoms with Crippen LogP contribution in [-0.2, 0) is 14.3 Å². The molecule has 218 valence electrons. The highest BCUT2D eigenvalue weighted by atomic mass is 19.3. The van der Waals surface area contributed by atoms with Gasteiger partial charge in [-0.15, -0.1) is 0 Å². The first-order valence-electron chi connectivity index (χ1n) is 14.0. The lowest BCUT2D eigenvalue weighted by Crippen LogP contribution is -2.37. The molecular formula is C31H40F2N2O5. The number of hydrogen-bond acceptors (Lipinski definition) is 7. The number of benzene rings is 2.